The summed E-state index contributed by atoms with van der Waals surface area (Å²) in [6, 6.07) is 12.8. The first-order valence-electron chi connectivity index (χ1n) is 9.52. The van der Waals surface area contributed by atoms with Crippen LogP contribution >= 0.6 is 0 Å². The van der Waals surface area contributed by atoms with E-state index in [1.807, 2.05) is 43.3 Å². The van der Waals surface area contributed by atoms with Crippen molar-refractivity contribution in [1.82, 2.24) is 9.55 Å². The molecule has 1 saturated carbocycles. The number of benzene rings is 1. The summed E-state index contributed by atoms with van der Waals surface area (Å²) in [4.78, 5) is 33.2. The standard InChI is InChI=1S/C22H23N3O2/c1-15-8-7-13-25(21(15)23-16-9-3-2-4-10-16)22(27)18-14-20(26)24-19-12-6-5-11-17(18)19/h5-8,11-14,16H,2-4,9-10H2,1H3,(H,24,26). The molecule has 0 amide bonds. The molecule has 138 valence electrons. The smallest absolute Gasteiger partial charge is 0.264 e. The Labute approximate surface area is 157 Å². The molecule has 0 unspecified atom stereocenters. The van der Waals surface area contributed by atoms with Crippen LogP contribution in [-0.4, -0.2) is 21.5 Å². The molecule has 0 spiro atoms. The van der Waals surface area contributed by atoms with Crippen molar-refractivity contribution in [1.29, 1.82) is 0 Å². The van der Waals surface area contributed by atoms with Crippen LogP contribution < -0.4 is 11.0 Å². The van der Waals surface area contributed by atoms with Crippen molar-refractivity contribution in [2.45, 2.75) is 45.1 Å². The number of rotatable bonds is 2. The van der Waals surface area contributed by atoms with Gasteiger partial charge in [-0.15, -0.1) is 0 Å². The molecule has 1 fully saturated rings. The van der Waals surface area contributed by atoms with E-state index in [0.29, 0.717) is 16.6 Å². The number of carbonyl (C=O) groups is 1. The lowest BCUT2D eigenvalue weighted by Gasteiger charge is -2.18. The Bertz CT molecular complexity index is 1120. The predicted molar refractivity (Wildman–Crippen MR) is 106 cm³/mol. The van der Waals surface area contributed by atoms with E-state index < -0.39 is 0 Å². The molecule has 2 heterocycles. The average molecular weight is 361 g/mol. The second-order valence-electron chi connectivity index (χ2n) is 7.20. The number of fused-ring (bicyclic) bond motifs is 1. The quantitative estimate of drug-likeness (QED) is 0.758. The summed E-state index contributed by atoms with van der Waals surface area (Å²) < 4.78 is 1.59. The lowest BCUT2D eigenvalue weighted by atomic mass is 9.96. The van der Waals surface area contributed by atoms with Gasteiger partial charge in [-0.1, -0.05) is 43.5 Å². The van der Waals surface area contributed by atoms with Gasteiger partial charge in [-0.3, -0.25) is 19.1 Å². The number of nitrogens with zero attached hydrogens (tertiary/aromatic N) is 2. The van der Waals surface area contributed by atoms with Crippen molar-refractivity contribution in [3.63, 3.8) is 0 Å². The number of para-hydroxylation sites is 1. The van der Waals surface area contributed by atoms with Crippen LogP contribution in [0.15, 0.2) is 58.4 Å². The van der Waals surface area contributed by atoms with Gasteiger partial charge in [0.2, 0.25) is 5.56 Å². The lowest BCUT2D eigenvalue weighted by Crippen LogP contribution is -2.32. The zero-order chi connectivity index (χ0) is 18.8. The van der Waals surface area contributed by atoms with E-state index in [-0.39, 0.29) is 17.5 Å². The summed E-state index contributed by atoms with van der Waals surface area (Å²) in [7, 11) is 0. The molecule has 4 rings (SSSR count). The minimum atomic E-state index is -0.281. The van der Waals surface area contributed by atoms with Crippen LogP contribution in [0.3, 0.4) is 0 Å². The predicted octanol–water partition coefficient (Wildman–Crippen LogP) is 3.56. The highest BCUT2D eigenvalue weighted by molar-refractivity contribution is 6.06. The van der Waals surface area contributed by atoms with Crippen molar-refractivity contribution in [3.05, 3.63) is 75.6 Å². The molecular weight excluding hydrogens is 338 g/mol. The summed E-state index contributed by atoms with van der Waals surface area (Å²) in [6.45, 7) is 1.97. The van der Waals surface area contributed by atoms with Crippen molar-refractivity contribution in [2.24, 2.45) is 4.99 Å². The van der Waals surface area contributed by atoms with E-state index in [1.165, 1.54) is 25.3 Å². The highest BCUT2D eigenvalue weighted by atomic mass is 16.2. The molecule has 0 atom stereocenters. The highest BCUT2D eigenvalue weighted by Crippen LogP contribution is 2.20. The normalized spacial score (nSPS) is 16.0. The van der Waals surface area contributed by atoms with Crippen LogP contribution in [0.1, 0.15) is 48.0 Å². The molecule has 0 saturated heterocycles. The van der Waals surface area contributed by atoms with Crippen LogP contribution in [0.5, 0.6) is 0 Å². The average Bonchev–Trinajstić information content (AvgIpc) is 2.69. The number of aryl methyl sites for hydroxylation is 1. The molecular formula is C22H23N3O2. The first-order valence-corrected chi connectivity index (χ1v) is 9.52. The molecule has 5 heteroatoms. The van der Waals surface area contributed by atoms with E-state index in [0.717, 1.165) is 23.8 Å². The number of hydrogen-bond donors (Lipinski definition) is 1. The fraction of sp³-hybridized carbons (Fsp3) is 0.318. The van der Waals surface area contributed by atoms with Gasteiger partial charge < -0.3 is 4.98 Å². The topological polar surface area (TPSA) is 67.2 Å². The molecule has 5 nitrogen and oxygen atoms in total. The molecule has 3 aromatic rings. The maximum absolute atomic E-state index is 13.4. The number of aromatic nitrogens is 2. The minimum Gasteiger partial charge on any atom is -0.322 e. The fourth-order valence-corrected chi connectivity index (χ4v) is 3.83. The summed E-state index contributed by atoms with van der Waals surface area (Å²) in [5.41, 5.74) is 2.43. The molecule has 2 aromatic heterocycles. The van der Waals surface area contributed by atoms with Gasteiger partial charge in [-0.2, -0.15) is 0 Å². The first-order chi connectivity index (χ1) is 13.1. The molecule has 27 heavy (non-hydrogen) atoms. The fourth-order valence-electron chi connectivity index (χ4n) is 3.83. The largest absolute Gasteiger partial charge is 0.322 e. The maximum Gasteiger partial charge on any atom is 0.264 e. The Morgan fingerprint density at radius 3 is 2.70 bits per heavy atom. The van der Waals surface area contributed by atoms with E-state index in [2.05, 4.69) is 4.98 Å². The van der Waals surface area contributed by atoms with E-state index in [1.54, 1.807) is 10.8 Å². The van der Waals surface area contributed by atoms with E-state index in [9.17, 15) is 9.59 Å². The Kier molecular flexibility index (Phi) is 4.75. The van der Waals surface area contributed by atoms with Gasteiger partial charge in [0.1, 0.15) is 5.49 Å². The summed E-state index contributed by atoms with van der Waals surface area (Å²) in [5.74, 6) is -0.226. The molecule has 1 aliphatic carbocycles. The van der Waals surface area contributed by atoms with Gasteiger partial charge in [0.15, 0.2) is 0 Å². The number of pyridine rings is 2. The Balaban J connectivity index is 1.88. The molecule has 1 N–H and O–H groups in total. The summed E-state index contributed by atoms with van der Waals surface area (Å²) >= 11 is 0. The van der Waals surface area contributed by atoms with Gasteiger partial charge >= 0.3 is 0 Å². The molecule has 1 aromatic carbocycles. The minimum absolute atomic E-state index is 0.226. The Morgan fingerprint density at radius 2 is 1.89 bits per heavy atom. The molecule has 0 radical (unpaired) electrons. The Morgan fingerprint density at radius 1 is 1.11 bits per heavy atom. The van der Waals surface area contributed by atoms with Crippen LogP contribution in [0, 0.1) is 6.92 Å². The third-order valence-electron chi connectivity index (χ3n) is 5.24. The van der Waals surface area contributed by atoms with Gasteiger partial charge in [-0.05, 0) is 37.5 Å². The zero-order valence-electron chi connectivity index (χ0n) is 15.4. The number of carbonyl (C=O) groups excluding carboxylic acids is 1. The monoisotopic (exact) mass is 361 g/mol. The molecule has 0 aliphatic heterocycles. The number of nitrogens with one attached hydrogen (secondary N) is 1. The van der Waals surface area contributed by atoms with Crippen molar-refractivity contribution in [2.75, 3.05) is 0 Å². The first kappa shape index (κ1) is 17.5. The maximum atomic E-state index is 13.4. The molecule has 0 bridgehead atoms. The van der Waals surface area contributed by atoms with E-state index in [4.69, 9.17) is 4.99 Å². The molecule has 1 aliphatic rings. The van der Waals surface area contributed by atoms with Gasteiger partial charge in [0.05, 0.1) is 11.6 Å². The third-order valence-corrected chi connectivity index (χ3v) is 5.24. The summed E-state index contributed by atoms with van der Waals surface area (Å²) in [6.07, 6.45) is 7.51. The van der Waals surface area contributed by atoms with Gasteiger partial charge in [0, 0.05) is 23.2 Å². The zero-order valence-corrected chi connectivity index (χ0v) is 15.4. The summed E-state index contributed by atoms with van der Waals surface area (Å²) in [5, 5.41) is 0.736. The van der Waals surface area contributed by atoms with E-state index >= 15 is 0 Å². The second kappa shape index (κ2) is 7.35. The van der Waals surface area contributed by atoms with Crippen molar-refractivity contribution >= 4 is 16.8 Å². The van der Waals surface area contributed by atoms with Gasteiger partial charge in [0.25, 0.3) is 5.91 Å². The second-order valence-corrected chi connectivity index (χ2v) is 7.20. The van der Waals surface area contributed by atoms with Crippen LogP contribution in [0.2, 0.25) is 0 Å². The van der Waals surface area contributed by atoms with Crippen LogP contribution in [0.4, 0.5) is 0 Å². The lowest BCUT2D eigenvalue weighted by molar-refractivity contribution is 0.0955. The number of hydrogen-bond acceptors (Lipinski definition) is 3. The van der Waals surface area contributed by atoms with Gasteiger partial charge in [-0.25, -0.2) is 0 Å². The number of aromatic amines is 1. The Hall–Kier alpha value is -2.95. The van der Waals surface area contributed by atoms with Crippen molar-refractivity contribution < 1.29 is 4.79 Å². The number of H-pyrrole nitrogens is 1. The van der Waals surface area contributed by atoms with Crippen LogP contribution in [-0.2, 0) is 0 Å². The van der Waals surface area contributed by atoms with Crippen LogP contribution in [0.25, 0.3) is 10.9 Å². The third kappa shape index (κ3) is 3.50. The highest BCUT2D eigenvalue weighted by Gasteiger charge is 2.17. The van der Waals surface area contributed by atoms with Crippen molar-refractivity contribution in [3.8, 4) is 0 Å². The SMILES string of the molecule is Cc1cccn(C(=O)c2cc(=O)[nH]c3ccccc23)c1=NC1CCCCC1.